The molecule has 0 radical (unpaired) electrons. The first-order valence-corrected chi connectivity index (χ1v) is 14.5. The molecule has 1 aliphatic heterocycles. The number of aromatic carboxylic acids is 1. The van der Waals surface area contributed by atoms with Crippen molar-refractivity contribution >= 4 is 17.6 Å². The fourth-order valence-corrected chi connectivity index (χ4v) is 6.14. The van der Waals surface area contributed by atoms with Crippen molar-refractivity contribution in [3.05, 3.63) is 99.9 Å². The standard InChI is InChI=1S/C34H30F7NO4/c1-18-29(22-12-24(33(36,37)38)15-25(13-22)34(39,40)41)46-31(45)42(18)17-23-16-32(2,3)11-10-26(23)27-14-21(8-9-28(27)35)19-4-6-20(7-5-19)30(43)44/h4-9,12-15,18,29H,10-11,16-17H2,1-3H3,(H,43,44)/t18-,29-/m0/s1. The maximum atomic E-state index is 15.4. The lowest BCUT2D eigenvalue weighted by Crippen LogP contribution is -2.35. The maximum Gasteiger partial charge on any atom is 0.416 e. The summed E-state index contributed by atoms with van der Waals surface area (Å²) in [7, 11) is 0. The zero-order valence-corrected chi connectivity index (χ0v) is 25.0. The largest absolute Gasteiger partial charge is 0.478 e. The van der Waals surface area contributed by atoms with Crippen molar-refractivity contribution in [2.45, 2.75) is 64.5 Å². The molecule has 3 aromatic rings. The van der Waals surface area contributed by atoms with Crippen molar-refractivity contribution in [1.29, 1.82) is 0 Å². The molecule has 0 unspecified atom stereocenters. The predicted molar refractivity (Wildman–Crippen MR) is 155 cm³/mol. The molecule has 1 fully saturated rings. The van der Waals surface area contributed by atoms with E-state index in [2.05, 4.69) is 0 Å². The molecular formula is C34H30F7NO4. The molecule has 1 amide bonds. The van der Waals surface area contributed by atoms with Crippen LogP contribution >= 0.6 is 0 Å². The Morgan fingerprint density at radius 1 is 0.935 bits per heavy atom. The van der Waals surface area contributed by atoms with Gasteiger partial charge in [-0.2, -0.15) is 26.3 Å². The van der Waals surface area contributed by atoms with E-state index in [1.165, 1.54) is 30.0 Å². The van der Waals surface area contributed by atoms with E-state index in [1.54, 1.807) is 24.3 Å². The molecule has 0 spiro atoms. The molecule has 5 rings (SSSR count). The van der Waals surface area contributed by atoms with Gasteiger partial charge in [0.25, 0.3) is 0 Å². The van der Waals surface area contributed by atoms with Gasteiger partial charge in [0.15, 0.2) is 0 Å². The number of allylic oxidation sites excluding steroid dienone is 1. The van der Waals surface area contributed by atoms with Crippen LogP contribution in [0.4, 0.5) is 35.5 Å². The predicted octanol–water partition coefficient (Wildman–Crippen LogP) is 9.77. The molecule has 1 saturated heterocycles. The minimum atomic E-state index is -5.06. The highest BCUT2D eigenvalue weighted by Crippen LogP contribution is 2.46. The highest BCUT2D eigenvalue weighted by atomic mass is 19.4. The molecule has 1 N–H and O–H groups in total. The Kier molecular flexibility index (Phi) is 8.46. The van der Waals surface area contributed by atoms with Gasteiger partial charge in [-0.05, 0) is 102 Å². The van der Waals surface area contributed by atoms with Crippen LogP contribution in [0.3, 0.4) is 0 Å². The summed E-state index contributed by atoms with van der Waals surface area (Å²) >= 11 is 0. The molecule has 2 aliphatic rings. The van der Waals surface area contributed by atoms with Crippen LogP contribution in [0.5, 0.6) is 0 Å². The Hall–Kier alpha value is -4.35. The minimum Gasteiger partial charge on any atom is -0.478 e. The van der Waals surface area contributed by atoms with Crippen LogP contribution in [0.25, 0.3) is 16.7 Å². The van der Waals surface area contributed by atoms with E-state index in [0.29, 0.717) is 53.7 Å². The Morgan fingerprint density at radius 2 is 1.52 bits per heavy atom. The Bertz CT molecular complexity index is 1680. The average Bonchev–Trinajstić information content (AvgIpc) is 3.25. The number of halogens is 7. The summed E-state index contributed by atoms with van der Waals surface area (Å²) in [5.74, 6) is -1.60. The van der Waals surface area contributed by atoms with Crippen LogP contribution < -0.4 is 0 Å². The second-order valence-electron chi connectivity index (χ2n) is 12.5. The van der Waals surface area contributed by atoms with Crippen LogP contribution in [0.2, 0.25) is 0 Å². The van der Waals surface area contributed by atoms with Crippen molar-refractivity contribution in [3.63, 3.8) is 0 Å². The van der Waals surface area contributed by atoms with Gasteiger partial charge in [-0.25, -0.2) is 14.0 Å². The quantitative estimate of drug-likeness (QED) is 0.270. The number of cyclic esters (lactones) is 1. The third kappa shape index (κ3) is 6.75. The zero-order valence-electron chi connectivity index (χ0n) is 25.0. The van der Waals surface area contributed by atoms with Crippen LogP contribution in [0, 0.1) is 11.2 Å². The summed E-state index contributed by atoms with van der Waals surface area (Å²) in [5, 5.41) is 9.21. The van der Waals surface area contributed by atoms with Crippen LogP contribution in [-0.4, -0.2) is 34.7 Å². The lowest BCUT2D eigenvalue weighted by atomic mass is 9.72. The number of carboxylic acids is 1. The van der Waals surface area contributed by atoms with E-state index in [4.69, 9.17) is 4.74 Å². The summed E-state index contributed by atoms with van der Waals surface area (Å²) in [5.41, 5.74) is -0.694. The van der Waals surface area contributed by atoms with Gasteiger partial charge in [-0.3, -0.25) is 4.90 Å². The fourth-order valence-electron chi connectivity index (χ4n) is 6.14. The molecule has 3 aromatic carbocycles. The Labute approximate surface area is 260 Å². The molecule has 0 aromatic heterocycles. The molecule has 12 heteroatoms. The highest BCUT2D eigenvalue weighted by Gasteiger charge is 2.44. The summed E-state index contributed by atoms with van der Waals surface area (Å²) in [6, 6.07) is 10.8. The van der Waals surface area contributed by atoms with Crippen molar-refractivity contribution in [2.75, 3.05) is 6.54 Å². The smallest absolute Gasteiger partial charge is 0.416 e. The van der Waals surface area contributed by atoms with E-state index in [1.807, 2.05) is 13.8 Å². The molecule has 0 bridgehead atoms. The number of hydrogen-bond acceptors (Lipinski definition) is 3. The van der Waals surface area contributed by atoms with Crippen LogP contribution in [0.1, 0.15) is 78.7 Å². The number of alkyl halides is 6. The molecule has 1 heterocycles. The molecule has 1 aliphatic carbocycles. The van der Waals surface area contributed by atoms with E-state index >= 15 is 4.39 Å². The van der Waals surface area contributed by atoms with Crippen LogP contribution in [0.15, 0.2) is 66.2 Å². The van der Waals surface area contributed by atoms with Crippen molar-refractivity contribution in [1.82, 2.24) is 4.90 Å². The van der Waals surface area contributed by atoms with E-state index < -0.39 is 59.1 Å². The van der Waals surface area contributed by atoms with Crippen LogP contribution in [-0.2, 0) is 17.1 Å². The van der Waals surface area contributed by atoms with Gasteiger partial charge in [-0.1, -0.05) is 32.0 Å². The van der Waals surface area contributed by atoms with Gasteiger partial charge in [0, 0.05) is 12.1 Å². The van der Waals surface area contributed by atoms with Crippen molar-refractivity contribution < 1.29 is 50.2 Å². The number of ether oxygens (including phenoxy) is 1. The second-order valence-corrected chi connectivity index (χ2v) is 12.5. The lowest BCUT2D eigenvalue weighted by Gasteiger charge is -2.35. The summed E-state index contributed by atoms with van der Waals surface area (Å²) in [6.45, 7) is 5.43. The maximum absolute atomic E-state index is 15.4. The van der Waals surface area contributed by atoms with Gasteiger partial charge in [0.1, 0.15) is 11.9 Å². The third-order valence-electron chi connectivity index (χ3n) is 8.62. The first kappa shape index (κ1) is 33.0. The molecular weight excluding hydrogens is 619 g/mol. The number of nitrogens with zero attached hydrogens (tertiary/aromatic N) is 1. The topological polar surface area (TPSA) is 66.8 Å². The molecule has 0 saturated carbocycles. The summed E-state index contributed by atoms with van der Waals surface area (Å²) < 4.78 is 102. The molecule has 46 heavy (non-hydrogen) atoms. The number of amides is 1. The fraction of sp³-hybridized carbons (Fsp3) is 0.353. The van der Waals surface area contributed by atoms with E-state index in [0.717, 1.165) is 0 Å². The van der Waals surface area contributed by atoms with Gasteiger partial charge in [0.2, 0.25) is 0 Å². The average molecular weight is 650 g/mol. The number of benzene rings is 3. The number of carbonyl (C=O) groups is 2. The van der Waals surface area contributed by atoms with E-state index in [-0.39, 0.29) is 29.2 Å². The van der Waals surface area contributed by atoms with Gasteiger partial charge in [0.05, 0.1) is 22.7 Å². The van der Waals surface area contributed by atoms with Gasteiger partial charge < -0.3 is 9.84 Å². The van der Waals surface area contributed by atoms with Crippen molar-refractivity contribution in [3.8, 4) is 11.1 Å². The Morgan fingerprint density at radius 3 is 2.09 bits per heavy atom. The Balaban J connectivity index is 1.51. The van der Waals surface area contributed by atoms with Crippen molar-refractivity contribution in [2.24, 2.45) is 5.41 Å². The first-order chi connectivity index (χ1) is 21.3. The van der Waals surface area contributed by atoms with Gasteiger partial charge >= 0.3 is 24.4 Å². The summed E-state index contributed by atoms with van der Waals surface area (Å²) in [6.07, 6.45) is -10.9. The monoisotopic (exact) mass is 649 g/mol. The first-order valence-electron chi connectivity index (χ1n) is 14.5. The number of carbonyl (C=O) groups excluding carboxylic acids is 1. The van der Waals surface area contributed by atoms with E-state index in [9.17, 15) is 41.0 Å². The summed E-state index contributed by atoms with van der Waals surface area (Å²) in [4.78, 5) is 25.6. The van der Waals surface area contributed by atoms with Gasteiger partial charge in [-0.15, -0.1) is 0 Å². The molecule has 244 valence electrons. The zero-order chi connectivity index (χ0) is 33.8. The number of carboxylic acid groups (broad SMARTS) is 1. The highest BCUT2D eigenvalue weighted by molar-refractivity contribution is 5.88. The normalized spacial score (nSPS) is 20.2. The second kappa shape index (κ2) is 11.8. The lowest BCUT2D eigenvalue weighted by molar-refractivity contribution is -0.143. The third-order valence-corrected chi connectivity index (χ3v) is 8.62. The number of rotatable bonds is 6. The SMILES string of the molecule is C[C@H]1[C@@H](c2cc(C(F)(F)F)cc(C(F)(F)F)c2)OC(=O)N1CC1=C(c2cc(-c3ccc(C(=O)O)cc3)ccc2F)CCC(C)(C)C1. The molecule has 2 atom stereocenters. The molecule has 5 nitrogen and oxygen atoms in total. The number of hydrogen-bond donors (Lipinski definition) is 1. The minimum absolute atomic E-state index is 0.0209.